The molecule has 0 bridgehead atoms. The molecule has 1 aromatic heterocycles. The van der Waals surface area contributed by atoms with Gasteiger partial charge in [0.25, 0.3) is 0 Å². The van der Waals surface area contributed by atoms with E-state index in [1.807, 2.05) is 18.2 Å². The van der Waals surface area contributed by atoms with Gasteiger partial charge in [-0.2, -0.15) is 0 Å². The van der Waals surface area contributed by atoms with E-state index in [9.17, 15) is 0 Å². The monoisotopic (exact) mass is 363 g/mol. The van der Waals surface area contributed by atoms with Crippen LogP contribution in [0.25, 0.3) is 0 Å². The Morgan fingerprint density at radius 3 is 2.68 bits per heavy atom. The van der Waals surface area contributed by atoms with Crippen molar-refractivity contribution in [1.82, 2.24) is 9.97 Å². The summed E-state index contributed by atoms with van der Waals surface area (Å²) in [5.74, 6) is 2.39. The van der Waals surface area contributed by atoms with Gasteiger partial charge in [0.2, 0.25) is 0 Å². The highest BCUT2D eigenvalue weighted by Crippen LogP contribution is 2.43. The Hall–Kier alpha value is -2.05. The van der Waals surface area contributed by atoms with Crippen molar-refractivity contribution < 1.29 is 14.2 Å². The van der Waals surface area contributed by atoms with Gasteiger partial charge in [-0.15, -0.1) is 0 Å². The fourth-order valence-electron chi connectivity index (χ4n) is 3.44. The highest BCUT2D eigenvalue weighted by molar-refractivity contribution is 6.30. The number of hydrogen-bond donors (Lipinski definition) is 0. The van der Waals surface area contributed by atoms with E-state index in [2.05, 4.69) is 21.8 Å². The topological polar surface area (TPSA) is 56.7 Å². The number of halogens is 1. The van der Waals surface area contributed by atoms with Crippen LogP contribution in [0.4, 0.5) is 5.82 Å². The molecule has 0 spiro atoms. The lowest BCUT2D eigenvalue weighted by atomic mass is 9.87. The smallest absolute Gasteiger partial charge is 0.138 e. The van der Waals surface area contributed by atoms with Gasteiger partial charge in [0.05, 0.1) is 20.8 Å². The predicted molar refractivity (Wildman–Crippen MR) is 96.9 cm³/mol. The first-order valence-corrected chi connectivity index (χ1v) is 8.36. The van der Waals surface area contributed by atoms with Crippen LogP contribution in [0.2, 0.25) is 5.15 Å². The molecule has 25 heavy (non-hydrogen) atoms. The molecule has 1 aliphatic rings. The zero-order chi connectivity index (χ0) is 18.0. The maximum atomic E-state index is 6.38. The molecule has 0 fully saturated rings. The minimum atomic E-state index is -0.262. The number of benzene rings is 1. The normalized spacial score (nSPS) is 19.0. The molecule has 1 aliphatic heterocycles. The van der Waals surface area contributed by atoms with Crippen molar-refractivity contribution in [3.63, 3.8) is 0 Å². The highest BCUT2D eigenvalue weighted by atomic mass is 35.5. The summed E-state index contributed by atoms with van der Waals surface area (Å²) in [6, 6.07) is 5.82. The van der Waals surface area contributed by atoms with Gasteiger partial charge in [0.15, 0.2) is 0 Å². The average Bonchev–Trinajstić information content (AvgIpc) is 2.89. The van der Waals surface area contributed by atoms with Gasteiger partial charge in [-0.25, -0.2) is 9.97 Å². The second kappa shape index (κ2) is 7.06. The van der Waals surface area contributed by atoms with Crippen molar-refractivity contribution in [3.05, 3.63) is 40.8 Å². The molecule has 134 valence electrons. The van der Waals surface area contributed by atoms with E-state index in [-0.39, 0.29) is 5.41 Å². The number of ether oxygens (including phenoxy) is 3. The van der Waals surface area contributed by atoms with E-state index in [1.54, 1.807) is 21.3 Å². The van der Waals surface area contributed by atoms with Crippen LogP contribution in [0.3, 0.4) is 0 Å². The number of aromatic nitrogens is 2. The molecule has 7 heteroatoms. The minimum absolute atomic E-state index is 0.262. The SMILES string of the molecule is COCC1(C)CN(Cc2ccc(OC)cc2OC)c2ncnc(Cl)c21. The van der Waals surface area contributed by atoms with Gasteiger partial charge in [-0.05, 0) is 12.1 Å². The first-order chi connectivity index (χ1) is 12.0. The van der Waals surface area contributed by atoms with Gasteiger partial charge in [-0.3, -0.25) is 0 Å². The summed E-state index contributed by atoms with van der Waals surface area (Å²) in [6.07, 6.45) is 1.50. The quantitative estimate of drug-likeness (QED) is 0.735. The third-order valence-electron chi connectivity index (χ3n) is 4.54. The van der Waals surface area contributed by atoms with Crippen LogP contribution in [0, 0.1) is 0 Å². The third-order valence-corrected chi connectivity index (χ3v) is 4.83. The van der Waals surface area contributed by atoms with Crippen LogP contribution in [-0.4, -0.2) is 44.4 Å². The first-order valence-electron chi connectivity index (χ1n) is 7.98. The second-order valence-corrected chi connectivity index (χ2v) is 6.75. The average molecular weight is 364 g/mol. The van der Waals surface area contributed by atoms with Crippen molar-refractivity contribution in [2.45, 2.75) is 18.9 Å². The summed E-state index contributed by atoms with van der Waals surface area (Å²) in [5, 5.41) is 0.480. The van der Waals surface area contributed by atoms with Gasteiger partial charge in [-0.1, -0.05) is 18.5 Å². The van der Waals surface area contributed by atoms with E-state index in [4.69, 9.17) is 25.8 Å². The molecular weight excluding hydrogens is 342 g/mol. The first kappa shape index (κ1) is 17.8. The van der Waals surface area contributed by atoms with E-state index < -0.39 is 0 Å². The molecule has 0 amide bonds. The summed E-state index contributed by atoms with van der Waals surface area (Å²) in [4.78, 5) is 10.8. The molecule has 2 aromatic rings. The Balaban J connectivity index is 1.96. The van der Waals surface area contributed by atoms with E-state index in [0.29, 0.717) is 18.3 Å². The van der Waals surface area contributed by atoms with Gasteiger partial charge < -0.3 is 19.1 Å². The Morgan fingerprint density at radius 2 is 2.00 bits per heavy atom. The third kappa shape index (κ3) is 3.24. The van der Waals surface area contributed by atoms with Crippen molar-refractivity contribution in [3.8, 4) is 11.5 Å². The summed E-state index contributed by atoms with van der Waals surface area (Å²) < 4.78 is 16.2. The highest BCUT2D eigenvalue weighted by Gasteiger charge is 2.42. The van der Waals surface area contributed by atoms with E-state index in [1.165, 1.54) is 6.33 Å². The lowest BCUT2D eigenvalue weighted by molar-refractivity contribution is 0.144. The minimum Gasteiger partial charge on any atom is -0.497 e. The van der Waals surface area contributed by atoms with Crippen molar-refractivity contribution >= 4 is 17.4 Å². The fourth-order valence-corrected chi connectivity index (χ4v) is 3.80. The Labute approximate surface area is 152 Å². The zero-order valence-corrected chi connectivity index (χ0v) is 15.6. The number of fused-ring (bicyclic) bond motifs is 1. The molecule has 3 rings (SSSR count). The number of methoxy groups -OCH3 is 3. The number of anilines is 1. The van der Waals surface area contributed by atoms with Crippen LogP contribution in [0.1, 0.15) is 18.1 Å². The van der Waals surface area contributed by atoms with Gasteiger partial charge in [0.1, 0.15) is 28.8 Å². The molecule has 0 saturated heterocycles. The second-order valence-electron chi connectivity index (χ2n) is 6.39. The molecule has 2 heterocycles. The number of hydrogen-bond acceptors (Lipinski definition) is 6. The maximum absolute atomic E-state index is 6.38. The molecular formula is C18H22ClN3O3. The maximum Gasteiger partial charge on any atom is 0.138 e. The zero-order valence-electron chi connectivity index (χ0n) is 14.9. The molecule has 0 radical (unpaired) electrons. The summed E-state index contributed by atoms with van der Waals surface area (Å²) in [6.45, 7) is 4.05. The molecule has 0 saturated carbocycles. The van der Waals surface area contributed by atoms with Crippen molar-refractivity contribution in [1.29, 1.82) is 0 Å². The van der Waals surface area contributed by atoms with Crippen LogP contribution < -0.4 is 14.4 Å². The van der Waals surface area contributed by atoms with Crippen LogP contribution in [0.5, 0.6) is 11.5 Å². The molecule has 1 aromatic carbocycles. The van der Waals surface area contributed by atoms with E-state index in [0.717, 1.165) is 35.0 Å². The summed E-state index contributed by atoms with van der Waals surface area (Å²) >= 11 is 6.38. The van der Waals surface area contributed by atoms with E-state index >= 15 is 0 Å². The Morgan fingerprint density at radius 1 is 1.20 bits per heavy atom. The Kier molecular flexibility index (Phi) is 5.01. The fraction of sp³-hybridized carbons (Fsp3) is 0.444. The molecule has 6 nitrogen and oxygen atoms in total. The lowest BCUT2D eigenvalue weighted by Gasteiger charge is -2.25. The molecule has 1 atom stereocenters. The lowest BCUT2D eigenvalue weighted by Crippen LogP contribution is -2.34. The van der Waals surface area contributed by atoms with Crippen molar-refractivity contribution in [2.75, 3.05) is 39.4 Å². The number of rotatable bonds is 6. The summed E-state index contributed by atoms with van der Waals surface area (Å²) in [7, 11) is 4.99. The molecule has 0 aliphatic carbocycles. The molecule has 0 N–H and O–H groups in total. The van der Waals surface area contributed by atoms with Crippen LogP contribution in [0.15, 0.2) is 24.5 Å². The van der Waals surface area contributed by atoms with Gasteiger partial charge >= 0.3 is 0 Å². The van der Waals surface area contributed by atoms with Crippen LogP contribution in [-0.2, 0) is 16.7 Å². The largest absolute Gasteiger partial charge is 0.497 e. The molecule has 1 unspecified atom stereocenters. The standard InChI is InChI=1S/C18H22ClN3O3/c1-18(10-23-2)9-22(17-15(18)16(19)20-11-21-17)8-12-5-6-13(24-3)7-14(12)25-4/h5-7,11H,8-10H2,1-4H3. The number of nitrogens with zero attached hydrogens (tertiary/aromatic N) is 3. The summed E-state index contributed by atoms with van der Waals surface area (Å²) in [5.41, 5.74) is 1.72. The van der Waals surface area contributed by atoms with Crippen LogP contribution >= 0.6 is 11.6 Å². The Bertz CT molecular complexity index is 771. The van der Waals surface area contributed by atoms with Crippen molar-refractivity contribution in [2.24, 2.45) is 0 Å². The predicted octanol–water partition coefficient (Wildman–Crippen LogP) is 3.07. The van der Waals surface area contributed by atoms with Gasteiger partial charge in [0, 0.05) is 42.8 Å².